The molecule has 3 amide bonds. The Kier molecular flexibility index (Phi) is 7.84. The van der Waals surface area contributed by atoms with Gasteiger partial charge in [-0.2, -0.15) is 13.2 Å². The first-order valence-electron chi connectivity index (χ1n) is 12.2. The highest BCUT2D eigenvalue weighted by Gasteiger charge is 2.30. The summed E-state index contributed by atoms with van der Waals surface area (Å²) in [6.45, 7) is 3.98. The fraction of sp³-hybridized carbons (Fsp3) is 0.440. The molecular weight excluding hydrogens is 487 g/mol. The number of anilines is 1. The molecule has 12 heteroatoms. The number of likely N-dealkylation sites (tertiary alicyclic amines) is 1. The number of rotatable bonds is 8. The lowest BCUT2D eigenvalue weighted by atomic mass is 10.0. The van der Waals surface area contributed by atoms with Gasteiger partial charge in [0.1, 0.15) is 18.2 Å². The van der Waals surface area contributed by atoms with Gasteiger partial charge in [-0.15, -0.1) is 0 Å². The second kappa shape index (κ2) is 11.1. The third-order valence-corrected chi connectivity index (χ3v) is 6.21. The molecule has 0 radical (unpaired) electrons. The van der Waals surface area contributed by atoms with Gasteiger partial charge in [0.15, 0.2) is 0 Å². The van der Waals surface area contributed by atoms with E-state index < -0.39 is 24.7 Å². The molecule has 1 atom stereocenters. The molecule has 1 saturated heterocycles. The van der Waals surface area contributed by atoms with Crippen LogP contribution in [0.3, 0.4) is 0 Å². The van der Waals surface area contributed by atoms with Crippen LogP contribution in [-0.2, 0) is 11.3 Å². The van der Waals surface area contributed by atoms with E-state index in [0.29, 0.717) is 17.9 Å². The fourth-order valence-corrected chi connectivity index (χ4v) is 4.27. The predicted octanol–water partition coefficient (Wildman–Crippen LogP) is 4.05. The van der Waals surface area contributed by atoms with E-state index in [0.717, 1.165) is 48.0 Å². The Morgan fingerprint density at radius 3 is 2.57 bits per heavy atom. The summed E-state index contributed by atoms with van der Waals surface area (Å²) >= 11 is 0. The molecule has 0 saturated carbocycles. The first-order valence-corrected chi connectivity index (χ1v) is 12.2. The van der Waals surface area contributed by atoms with E-state index in [2.05, 4.69) is 25.6 Å². The molecule has 1 unspecified atom stereocenters. The Bertz CT molecular complexity index is 1250. The van der Waals surface area contributed by atoms with Crippen molar-refractivity contribution in [3.63, 3.8) is 0 Å². The minimum Gasteiger partial charge on any atom is -0.372 e. The van der Waals surface area contributed by atoms with E-state index in [4.69, 9.17) is 0 Å². The largest absolute Gasteiger partial charge is 0.405 e. The number of aromatic nitrogens is 3. The lowest BCUT2D eigenvalue weighted by Gasteiger charge is -2.23. The third-order valence-electron chi connectivity index (χ3n) is 6.21. The summed E-state index contributed by atoms with van der Waals surface area (Å²) < 4.78 is 37.7. The Balaban J connectivity index is 1.50. The van der Waals surface area contributed by atoms with Gasteiger partial charge in [0.05, 0.1) is 5.69 Å². The molecule has 9 nitrogen and oxygen atoms in total. The number of amides is 3. The third kappa shape index (κ3) is 6.69. The average Bonchev–Trinajstić information content (AvgIpc) is 3.54. The normalized spacial score (nSPS) is 14.7. The highest BCUT2D eigenvalue weighted by atomic mass is 19.4. The Labute approximate surface area is 212 Å². The summed E-state index contributed by atoms with van der Waals surface area (Å²) in [6, 6.07) is 2.76. The van der Waals surface area contributed by atoms with Crippen LogP contribution in [-0.4, -0.2) is 63.6 Å². The second-order valence-electron chi connectivity index (χ2n) is 9.46. The minimum absolute atomic E-state index is 0.0890. The van der Waals surface area contributed by atoms with Crippen LogP contribution in [0.5, 0.6) is 0 Å². The number of pyridine rings is 2. The van der Waals surface area contributed by atoms with E-state index >= 15 is 0 Å². The molecule has 4 rings (SSSR count). The van der Waals surface area contributed by atoms with Gasteiger partial charge >= 0.3 is 12.2 Å². The van der Waals surface area contributed by atoms with Crippen LogP contribution < -0.4 is 16.0 Å². The van der Waals surface area contributed by atoms with Gasteiger partial charge in [0, 0.05) is 60.9 Å². The van der Waals surface area contributed by atoms with Gasteiger partial charge in [0.25, 0.3) is 0 Å². The van der Waals surface area contributed by atoms with Crippen molar-refractivity contribution < 1.29 is 22.8 Å². The lowest BCUT2D eigenvalue weighted by Crippen LogP contribution is -2.46. The number of halogens is 3. The molecular formula is C25H30F3N7O2. The van der Waals surface area contributed by atoms with E-state index in [-0.39, 0.29) is 11.9 Å². The zero-order valence-corrected chi connectivity index (χ0v) is 20.7. The topological polar surface area (TPSA) is 115 Å². The standard InChI is InChI=1S/C25H30F3N7O2/c1-15(2)21(23(36)33-14-25(26,27)28)34-18-8-17(11-29-12-18)20-13-31-22-19(20)7-16(9-30-22)10-32-24(37)35-5-3-4-6-35/h7-9,11-13,15,21,34H,3-6,10,14H2,1-2H3,(H,30,31)(H,32,37)(H,33,36). The molecule has 198 valence electrons. The molecule has 1 fully saturated rings. The number of aromatic amines is 1. The molecule has 4 N–H and O–H groups in total. The van der Waals surface area contributed by atoms with Crippen molar-refractivity contribution in [3.05, 3.63) is 42.5 Å². The van der Waals surface area contributed by atoms with Gasteiger partial charge in [-0.25, -0.2) is 9.78 Å². The van der Waals surface area contributed by atoms with Crippen molar-refractivity contribution in [2.24, 2.45) is 5.92 Å². The molecule has 0 aliphatic carbocycles. The molecule has 1 aliphatic rings. The fourth-order valence-electron chi connectivity index (χ4n) is 4.27. The highest BCUT2D eigenvalue weighted by molar-refractivity contribution is 5.94. The van der Waals surface area contributed by atoms with Gasteiger partial charge in [-0.05, 0) is 36.5 Å². The number of nitrogens with one attached hydrogen (secondary N) is 4. The maximum absolute atomic E-state index is 12.6. The number of nitrogens with zero attached hydrogens (tertiary/aromatic N) is 3. The Hall–Kier alpha value is -3.83. The molecule has 0 aromatic carbocycles. The minimum atomic E-state index is -4.49. The predicted molar refractivity (Wildman–Crippen MR) is 134 cm³/mol. The zero-order valence-electron chi connectivity index (χ0n) is 20.7. The van der Waals surface area contributed by atoms with Crippen LogP contribution in [0, 0.1) is 5.92 Å². The van der Waals surface area contributed by atoms with Crippen LogP contribution in [0.1, 0.15) is 32.3 Å². The second-order valence-corrected chi connectivity index (χ2v) is 9.46. The van der Waals surface area contributed by atoms with Crippen LogP contribution >= 0.6 is 0 Å². The van der Waals surface area contributed by atoms with Crippen LogP contribution in [0.4, 0.5) is 23.7 Å². The number of carbonyl (C=O) groups excluding carboxylic acids is 2. The van der Waals surface area contributed by atoms with E-state index in [9.17, 15) is 22.8 Å². The first kappa shape index (κ1) is 26.2. The molecule has 3 aromatic rings. The smallest absolute Gasteiger partial charge is 0.372 e. The van der Waals surface area contributed by atoms with E-state index in [1.165, 1.54) is 6.20 Å². The summed E-state index contributed by atoms with van der Waals surface area (Å²) in [6.07, 6.45) is 4.22. The maximum atomic E-state index is 12.6. The first-order chi connectivity index (χ1) is 17.6. The molecule has 0 spiro atoms. The number of alkyl halides is 3. The van der Waals surface area contributed by atoms with Crippen LogP contribution in [0.15, 0.2) is 36.9 Å². The number of urea groups is 1. The summed E-state index contributed by atoms with van der Waals surface area (Å²) in [5.74, 6) is -1.01. The quantitative estimate of drug-likeness (QED) is 0.360. The van der Waals surface area contributed by atoms with Gasteiger partial charge < -0.3 is 25.8 Å². The van der Waals surface area contributed by atoms with E-state index in [1.807, 2.05) is 11.4 Å². The number of hydrogen-bond acceptors (Lipinski definition) is 5. The van der Waals surface area contributed by atoms with Crippen molar-refractivity contribution in [2.45, 2.75) is 45.5 Å². The number of carbonyl (C=O) groups is 2. The monoisotopic (exact) mass is 517 g/mol. The maximum Gasteiger partial charge on any atom is 0.405 e. The van der Waals surface area contributed by atoms with Crippen molar-refractivity contribution in [1.29, 1.82) is 0 Å². The SMILES string of the molecule is CC(C)C(Nc1cncc(-c2c[nH]c3ncc(CNC(=O)N4CCCC4)cc23)c1)C(=O)NCC(F)(F)F. The van der Waals surface area contributed by atoms with Gasteiger partial charge in [-0.1, -0.05) is 13.8 Å². The van der Waals surface area contributed by atoms with Crippen molar-refractivity contribution in [1.82, 2.24) is 30.5 Å². The van der Waals surface area contributed by atoms with Crippen LogP contribution in [0.25, 0.3) is 22.2 Å². The molecule has 37 heavy (non-hydrogen) atoms. The average molecular weight is 518 g/mol. The molecule has 1 aliphatic heterocycles. The number of hydrogen-bond donors (Lipinski definition) is 4. The number of H-pyrrole nitrogens is 1. The lowest BCUT2D eigenvalue weighted by molar-refractivity contribution is -0.139. The Morgan fingerprint density at radius 2 is 1.86 bits per heavy atom. The molecule has 0 bridgehead atoms. The Morgan fingerprint density at radius 1 is 1.11 bits per heavy atom. The number of fused-ring (bicyclic) bond motifs is 1. The van der Waals surface area contributed by atoms with Gasteiger partial charge in [-0.3, -0.25) is 9.78 Å². The van der Waals surface area contributed by atoms with Crippen molar-refractivity contribution >= 4 is 28.7 Å². The van der Waals surface area contributed by atoms with E-state index in [1.54, 1.807) is 43.4 Å². The van der Waals surface area contributed by atoms with Crippen molar-refractivity contribution in [2.75, 3.05) is 25.0 Å². The van der Waals surface area contributed by atoms with Crippen molar-refractivity contribution in [3.8, 4) is 11.1 Å². The summed E-state index contributed by atoms with van der Waals surface area (Å²) in [5, 5.41) is 8.72. The van der Waals surface area contributed by atoms with Gasteiger partial charge in [0.2, 0.25) is 5.91 Å². The zero-order chi connectivity index (χ0) is 26.6. The summed E-state index contributed by atoms with van der Waals surface area (Å²) in [5.41, 5.74) is 3.54. The molecule has 4 heterocycles. The highest BCUT2D eigenvalue weighted by Crippen LogP contribution is 2.30. The summed E-state index contributed by atoms with van der Waals surface area (Å²) in [4.78, 5) is 38.4. The van der Waals surface area contributed by atoms with Crippen LogP contribution in [0.2, 0.25) is 0 Å². The summed E-state index contributed by atoms with van der Waals surface area (Å²) in [7, 11) is 0. The molecule has 3 aromatic heterocycles.